The molecule has 0 radical (unpaired) electrons. The lowest BCUT2D eigenvalue weighted by atomic mass is 10.4. The largest absolute Gasteiger partial charge is 0.326 e. The molecule has 1 rings (SSSR count). The Kier molecular flexibility index (Phi) is 1.88. The van der Waals surface area contributed by atoms with Crippen LogP contribution in [0, 0.1) is 4.91 Å². The van der Waals surface area contributed by atoms with E-state index in [1.807, 2.05) is 0 Å². The lowest BCUT2D eigenvalue weighted by Crippen LogP contribution is -2.14. The number of halogens is 2. The minimum Gasteiger partial charge on any atom is -0.0504 e. The third-order valence-corrected chi connectivity index (χ3v) is 1.55. The van der Waals surface area contributed by atoms with Gasteiger partial charge in [-0.15, -0.1) is 0 Å². The number of allylic oxidation sites excluding steroid dienone is 2. The first-order chi connectivity index (χ1) is 4.22. The van der Waals surface area contributed by atoms with Crippen LogP contribution in [0.2, 0.25) is 0 Å². The number of nitrogens with zero attached hydrogens (tertiary/aromatic N) is 1. The third kappa shape index (κ3) is 1.32. The highest BCUT2D eigenvalue weighted by atomic mass is 35.5. The van der Waals surface area contributed by atoms with Crippen molar-refractivity contribution in [3.8, 4) is 0 Å². The van der Waals surface area contributed by atoms with Gasteiger partial charge >= 0.3 is 10.7 Å². The van der Waals surface area contributed by atoms with E-state index in [4.69, 9.17) is 23.2 Å². The second kappa shape index (κ2) is 2.50. The molecule has 0 amide bonds. The van der Waals surface area contributed by atoms with E-state index >= 15 is 0 Å². The first-order valence-electron chi connectivity index (χ1n) is 2.36. The molecule has 1 unspecified atom stereocenters. The van der Waals surface area contributed by atoms with Crippen molar-refractivity contribution in [1.29, 1.82) is 0 Å². The molecule has 1 aliphatic rings. The number of nitroso groups, excluding NO2 is 1. The molecule has 4 heteroatoms. The Labute approximate surface area is 62.3 Å². The smallest absolute Gasteiger partial charge is 0.0504 e. The number of alkyl halides is 1. The zero-order valence-electron chi connectivity index (χ0n) is 4.42. The zero-order chi connectivity index (χ0) is 6.85. The van der Waals surface area contributed by atoms with Crippen molar-refractivity contribution in [3.05, 3.63) is 28.3 Å². The SMILES string of the molecule is O=[N+]1C(Cl)=CC=CC1Cl. The summed E-state index contributed by atoms with van der Waals surface area (Å²) < 4.78 is 0.531. The Morgan fingerprint density at radius 1 is 1.67 bits per heavy atom. The molecule has 9 heavy (non-hydrogen) atoms. The molecule has 0 saturated carbocycles. The molecule has 1 aliphatic heterocycles. The molecular weight excluding hydrogens is 161 g/mol. The summed E-state index contributed by atoms with van der Waals surface area (Å²) in [5.41, 5.74) is -0.650. The number of hydrogen-bond donors (Lipinski definition) is 0. The molecule has 0 saturated heterocycles. The van der Waals surface area contributed by atoms with Crippen LogP contribution in [0.1, 0.15) is 0 Å². The van der Waals surface area contributed by atoms with Gasteiger partial charge in [0.05, 0.1) is 4.76 Å². The van der Waals surface area contributed by atoms with E-state index in [0.29, 0.717) is 4.76 Å². The van der Waals surface area contributed by atoms with Crippen molar-refractivity contribution in [3.63, 3.8) is 0 Å². The van der Waals surface area contributed by atoms with E-state index in [1.165, 1.54) is 6.08 Å². The summed E-state index contributed by atoms with van der Waals surface area (Å²) >= 11 is 10.9. The third-order valence-electron chi connectivity index (χ3n) is 0.938. The average Bonchev–Trinajstić information content (AvgIpc) is 1.83. The van der Waals surface area contributed by atoms with Crippen molar-refractivity contribution in [2.75, 3.05) is 0 Å². The van der Waals surface area contributed by atoms with Gasteiger partial charge in [0.25, 0.3) is 0 Å². The second-order valence-corrected chi connectivity index (χ2v) is 2.41. The van der Waals surface area contributed by atoms with E-state index in [9.17, 15) is 4.91 Å². The molecule has 0 aromatic rings. The fourth-order valence-corrected chi connectivity index (χ4v) is 0.913. The lowest BCUT2D eigenvalue weighted by molar-refractivity contribution is -0.495. The van der Waals surface area contributed by atoms with Gasteiger partial charge in [-0.1, -0.05) is 6.08 Å². The maximum absolute atomic E-state index is 10.7. The van der Waals surface area contributed by atoms with E-state index in [-0.39, 0.29) is 5.16 Å². The highest BCUT2D eigenvalue weighted by molar-refractivity contribution is 6.28. The van der Waals surface area contributed by atoms with Gasteiger partial charge in [-0.3, -0.25) is 0 Å². The normalized spacial score (nSPS) is 26.2. The summed E-state index contributed by atoms with van der Waals surface area (Å²) in [6.07, 6.45) is 4.70. The van der Waals surface area contributed by atoms with Gasteiger partial charge in [0.15, 0.2) is 0 Å². The summed E-state index contributed by atoms with van der Waals surface area (Å²) in [7, 11) is 0. The highest BCUT2D eigenvalue weighted by Gasteiger charge is 2.25. The molecule has 1 heterocycles. The first-order valence-corrected chi connectivity index (χ1v) is 3.17. The van der Waals surface area contributed by atoms with Gasteiger partial charge in [-0.25, -0.2) is 0 Å². The maximum atomic E-state index is 10.7. The molecule has 0 bridgehead atoms. The van der Waals surface area contributed by atoms with Crippen LogP contribution in [-0.2, 0) is 0 Å². The minimum atomic E-state index is -0.650. The van der Waals surface area contributed by atoms with Crippen molar-refractivity contribution >= 4 is 23.2 Å². The first kappa shape index (κ1) is 6.78. The van der Waals surface area contributed by atoms with Crippen LogP contribution in [0.25, 0.3) is 0 Å². The number of hydrogen-bond acceptors (Lipinski definition) is 1. The summed E-state index contributed by atoms with van der Waals surface area (Å²) in [4.78, 5) is 10.7. The van der Waals surface area contributed by atoms with Gasteiger partial charge in [0.2, 0.25) is 0 Å². The summed E-state index contributed by atoms with van der Waals surface area (Å²) in [6.45, 7) is 0. The molecule has 0 N–H and O–H groups in total. The molecule has 0 spiro atoms. The second-order valence-electron chi connectivity index (χ2n) is 1.57. The zero-order valence-corrected chi connectivity index (χ0v) is 5.93. The summed E-state index contributed by atoms with van der Waals surface area (Å²) in [6, 6.07) is 0. The quantitative estimate of drug-likeness (QED) is 0.305. The fraction of sp³-hybridized carbons (Fsp3) is 0.200. The van der Waals surface area contributed by atoms with Gasteiger partial charge in [0, 0.05) is 17.1 Å². The van der Waals surface area contributed by atoms with Crippen LogP contribution >= 0.6 is 23.2 Å². The Hall–Kier alpha value is -0.340. The van der Waals surface area contributed by atoms with E-state index in [0.717, 1.165) is 0 Å². The lowest BCUT2D eigenvalue weighted by Gasteiger charge is -1.95. The van der Waals surface area contributed by atoms with Crippen LogP contribution < -0.4 is 0 Å². The van der Waals surface area contributed by atoms with Crippen molar-refractivity contribution in [1.82, 2.24) is 0 Å². The van der Waals surface area contributed by atoms with Crippen molar-refractivity contribution in [2.24, 2.45) is 0 Å². The molecule has 1 atom stereocenters. The standard InChI is InChI=1S/C5H4Cl2NO/c6-4-2-1-3-5(7)8(4)9/h1-4H/q+1. The van der Waals surface area contributed by atoms with Crippen molar-refractivity contribution < 1.29 is 4.76 Å². The van der Waals surface area contributed by atoms with Crippen molar-refractivity contribution in [2.45, 2.75) is 5.50 Å². The molecule has 0 aromatic carbocycles. The van der Waals surface area contributed by atoms with Gasteiger partial charge in [-0.05, 0) is 23.2 Å². The Morgan fingerprint density at radius 3 is 2.78 bits per heavy atom. The van der Waals surface area contributed by atoms with Crippen LogP contribution in [0.15, 0.2) is 23.4 Å². The predicted molar refractivity (Wildman–Crippen MR) is 36.3 cm³/mol. The van der Waals surface area contributed by atoms with Crippen LogP contribution in [0.3, 0.4) is 0 Å². The van der Waals surface area contributed by atoms with Crippen LogP contribution in [-0.4, -0.2) is 10.3 Å². The van der Waals surface area contributed by atoms with Gasteiger partial charge in [0.1, 0.15) is 0 Å². The van der Waals surface area contributed by atoms with Crippen LogP contribution in [0.4, 0.5) is 0 Å². The highest BCUT2D eigenvalue weighted by Crippen LogP contribution is 2.15. The van der Waals surface area contributed by atoms with E-state index < -0.39 is 5.50 Å². The Bertz CT molecular complexity index is 197. The van der Waals surface area contributed by atoms with E-state index in [2.05, 4.69) is 0 Å². The van der Waals surface area contributed by atoms with Gasteiger partial charge < -0.3 is 0 Å². The molecule has 0 aliphatic carbocycles. The van der Waals surface area contributed by atoms with E-state index in [1.54, 1.807) is 12.2 Å². The Balaban J connectivity index is 2.86. The molecule has 2 nitrogen and oxygen atoms in total. The predicted octanol–water partition coefficient (Wildman–Crippen LogP) is 1.98. The molecule has 0 aromatic heterocycles. The number of rotatable bonds is 0. The van der Waals surface area contributed by atoms with Gasteiger partial charge in [-0.2, -0.15) is 0 Å². The molecule has 48 valence electrons. The topological polar surface area (TPSA) is 20.1 Å². The minimum absolute atomic E-state index is 0.123. The maximum Gasteiger partial charge on any atom is 0.326 e. The summed E-state index contributed by atoms with van der Waals surface area (Å²) in [5.74, 6) is 0. The Morgan fingerprint density at radius 2 is 2.33 bits per heavy atom. The average molecular weight is 165 g/mol. The fourth-order valence-electron chi connectivity index (χ4n) is 0.496. The monoisotopic (exact) mass is 164 g/mol. The summed E-state index contributed by atoms with van der Waals surface area (Å²) in [5, 5.41) is 0.123. The molecular formula is C5H4Cl2NO+. The molecule has 0 fully saturated rings. The van der Waals surface area contributed by atoms with Crippen LogP contribution in [0.5, 0.6) is 0 Å².